The second-order valence-corrected chi connectivity index (χ2v) is 3.33. The van der Waals surface area contributed by atoms with Gasteiger partial charge in [-0.15, -0.1) is 0 Å². The normalized spacial score (nSPS) is 10.9. The minimum Gasteiger partial charge on any atom is -0.369 e. The number of aldehydes is 1. The van der Waals surface area contributed by atoms with Crippen molar-refractivity contribution in [1.82, 2.24) is 14.5 Å². The van der Waals surface area contributed by atoms with Gasteiger partial charge < -0.3 is 9.47 Å². The molecular weight excluding hydrogens is 204 g/mol. The van der Waals surface area contributed by atoms with Crippen LogP contribution in [-0.2, 0) is 7.05 Å². The van der Waals surface area contributed by atoms with E-state index in [0.29, 0.717) is 17.9 Å². The largest absolute Gasteiger partial charge is 0.369 e. The van der Waals surface area contributed by atoms with E-state index in [9.17, 15) is 4.79 Å². The number of hydrogen-bond acceptors (Lipinski definition) is 3. The van der Waals surface area contributed by atoms with Crippen molar-refractivity contribution in [3.05, 3.63) is 10.8 Å². The molecule has 1 heterocycles. The van der Waals surface area contributed by atoms with Crippen molar-refractivity contribution in [2.45, 2.75) is 0 Å². The predicted molar refractivity (Wildman–Crippen MR) is 55.4 cm³/mol. The fourth-order valence-electron chi connectivity index (χ4n) is 0.876. The summed E-state index contributed by atoms with van der Waals surface area (Å²) in [5.41, 5.74) is 0.331. The van der Waals surface area contributed by atoms with Crippen LogP contribution in [-0.4, -0.2) is 41.2 Å². The number of aliphatic imine (C=N–C) groups is 1. The molecule has 14 heavy (non-hydrogen) atoms. The van der Waals surface area contributed by atoms with Gasteiger partial charge in [0.25, 0.3) is 0 Å². The fourth-order valence-corrected chi connectivity index (χ4v) is 1.12. The van der Waals surface area contributed by atoms with Crippen LogP contribution in [0.3, 0.4) is 0 Å². The van der Waals surface area contributed by atoms with E-state index in [0.717, 1.165) is 0 Å². The van der Waals surface area contributed by atoms with Crippen LogP contribution < -0.4 is 0 Å². The van der Waals surface area contributed by atoms with E-state index in [1.165, 1.54) is 4.57 Å². The van der Waals surface area contributed by atoms with Crippen molar-refractivity contribution >= 4 is 30.2 Å². The second-order valence-electron chi connectivity index (χ2n) is 2.97. The summed E-state index contributed by atoms with van der Waals surface area (Å²) in [6.07, 6.45) is 2.25. The molecule has 0 unspecified atom stereocenters. The molecule has 0 atom stereocenters. The maximum atomic E-state index is 10.6. The lowest BCUT2D eigenvalue weighted by Crippen LogP contribution is -2.07. The van der Waals surface area contributed by atoms with Gasteiger partial charge in [-0.05, 0) is 0 Å². The summed E-state index contributed by atoms with van der Waals surface area (Å²) >= 11 is 5.71. The highest BCUT2D eigenvalue weighted by Gasteiger charge is 2.10. The number of hydrogen-bond donors (Lipinski definition) is 0. The van der Waals surface area contributed by atoms with Gasteiger partial charge in [-0.1, -0.05) is 11.6 Å². The SMILES string of the molecule is CN(C)/C=N/c1nc(Cl)c(C=O)n1C. The summed E-state index contributed by atoms with van der Waals surface area (Å²) in [6, 6.07) is 0. The molecular formula is C8H11ClN4O. The van der Waals surface area contributed by atoms with E-state index in [1.807, 2.05) is 14.1 Å². The predicted octanol–water partition coefficient (Wildman–Crippen LogP) is 1.11. The van der Waals surface area contributed by atoms with Gasteiger partial charge in [0.1, 0.15) is 5.69 Å². The van der Waals surface area contributed by atoms with Crippen molar-refractivity contribution in [3.63, 3.8) is 0 Å². The van der Waals surface area contributed by atoms with Gasteiger partial charge in [-0.2, -0.15) is 4.98 Å². The van der Waals surface area contributed by atoms with Crippen molar-refractivity contribution in [3.8, 4) is 0 Å². The van der Waals surface area contributed by atoms with Crippen LogP contribution in [0.25, 0.3) is 0 Å². The number of imidazole rings is 1. The Hall–Kier alpha value is -1.36. The molecule has 0 radical (unpaired) electrons. The van der Waals surface area contributed by atoms with Gasteiger partial charge in [0.05, 0.1) is 6.34 Å². The molecule has 1 rings (SSSR count). The molecule has 0 aromatic carbocycles. The number of halogens is 1. The third kappa shape index (κ3) is 2.11. The van der Waals surface area contributed by atoms with Gasteiger partial charge in [0, 0.05) is 21.1 Å². The van der Waals surface area contributed by atoms with Gasteiger partial charge in [0.15, 0.2) is 11.4 Å². The van der Waals surface area contributed by atoms with Gasteiger partial charge >= 0.3 is 0 Å². The molecule has 0 N–H and O–H groups in total. The standard InChI is InChI=1S/C8H11ClN4O/c1-12(2)5-10-8-11-7(9)6(4-14)13(8)3/h4-5H,1-3H3/b10-5+. The highest BCUT2D eigenvalue weighted by atomic mass is 35.5. The molecule has 0 aliphatic carbocycles. The van der Waals surface area contributed by atoms with Crippen molar-refractivity contribution in [1.29, 1.82) is 0 Å². The van der Waals surface area contributed by atoms with Gasteiger partial charge in [0.2, 0.25) is 5.95 Å². The molecule has 0 bridgehead atoms. The van der Waals surface area contributed by atoms with E-state index in [2.05, 4.69) is 9.98 Å². The molecule has 0 fully saturated rings. The highest BCUT2D eigenvalue weighted by molar-refractivity contribution is 6.31. The lowest BCUT2D eigenvalue weighted by Gasteiger charge is -2.01. The second kappa shape index (κ2) is 4.23. The molecule has 6 heteroatoms. The van der Waals surface area contributed by atoms with Crippen molar-refractivity contribution < 1.29 is 4.79 Å². The van der Waals surface area contributed by atoms with Crippen LogP contribution in [0.4, 0.5) is 5.95 Å². The van der Waals surface area contributed by atoms with Crippen molar-refractivity contribution in [2.24, 2.45) is 12.0 Å². The molecule has 1 aromatic heterocycles. The molecule has 76 valence electrons. The first kappa shape index (κ1) is 10.7. The fraction of sp³-hybridized carbons (Fsp3) is 0.375. The average molecular weight is 215 g/mol. The molecule has 1 aromatic rings. The Morgan fingerprint density at radius 2 is 2.21 bits per heavy atom. The summed E-state index contributed by atoms with van der Waals surface area (Å²) in [7, 11) is 5.37. The summed E-state index contributed by atoms with van der Waals surface area (Å²) in [5, 5.41) is 0.174. The smallest absolute Gasteiger partial charge is 0.232 e. The van der Waals surface area contributed by atoms with E-state index in [4.69, 9.17) is 11.6 Å². The molecule has 0 spiro atoms. The number of carbonyl (C=O) groups is 1. The Morgan fingerprint density at radius 1 is 1.57 bits per heavy atom. The summed E-state index contributed by atoms with van der Waals surface area (Å²) in [5.74, 6) is 0.408. The first-order valence-corrected chi connectivity index (χ1v) is 4.32. The number of carbonyl (C=O) groups excluding carboxylic acids is 1. The maximum Gasteiger partial charge on any atom is 0.232 e. The van der Waals surface area contributed by atoms with E-state index in [1.54, 1.807) is 18.3 Å². The topological polar surface area (TPSA) is 50.5 Å². The van der Waals surface area contributed by atoms with Crippen LogP contribution >= 0.6 is 11.6 Å². The molecule has 0 aliphatic heterocycles. The zero-order valence-corrected chi connectivity index (χ0v) is 8.99. The molecule has 0 saturated carbocycles. The quantitative estimate of drug-likeness (QED) is 0.430. The maximum absolute atomic E-state index is 10.6. The monoisotopic (exact) mass is 214 g/mol. The first-order valence-electron chi connectivity index (χ1n) is 3.94. The van der Waals surface area contributed by atoms with E-state index in [-0.39, 0.29) is 5.15 Å². The van der Waals surface area contributed by atoms with Crippen LogP contribution in [0.15, 0.2) is 4.99 Å². The first-order chi connectivity index (χ1) is 6.56. The number of rotatable bonds is 3. The zero-order chi connectivity index (χ0) is 10.7. The summed E-state index contributed by atoms with van der Waals surface area (Å²) in [6.45, 7) is 0. The van der Waals surface area contributed by atoms with Crippen LogP contribution in [0, 0.1) is 0 Å². The lowest BCUT2D eigenvalue weighted by atomic mass is 10.5. The Balaban J connectivity index is 3.05. The Morgan fingerprint density at radius 3 is 2.64 bits per heavy atom. The molecule has 5 nitrogen and oxygen atoms in total. The molecule has 0 amide bonds. The zero-order valence-electron chi connectivity index (χ0n) is 8.23. The highest BCUT2D eigenvalue weighted by Crippen LogP contribution is 2.19. The molecule has 0 aliphatic rings. The minimum atomic E-state index is 0.174. The summed E-state index contributed by atoms with van der Waals surface area (Å²) < 4.78 is 1.54. The third-order valence-electron chi connectivity index (χ3n) is 1.59. The van der Waals surface area contributed by atoms with Gasteiger partial charge in [-0.25, -0.2) is 4.99 Å². The van der Waals surface area contributed by atoms with Crippen LogP contribution in [0.2, 0.25) is 5.15 Å². The Bertz CT molecular complexity index is 370. The molecule has 0 saturated heterocycles. The Labute approximate surface area is 87.0 Å². The van der Waals surface area contributed by atoms with Gasteiger partial charge in [-0.3, -0.25) is 4.79 Å². The average Bonchev–Trinajstić information content (AvgIpc) is 2.38. The summed E-state index contributed by atoms with van der Waals surface area (Å²) in [4.78, 5) is 20.3. The lowest BCUT2D eigenvalue weighted by molar-refractivity contribution is 0.111. The van der Waals surface area contributed by atoms with E-state index >= 15 is 0 Å². The van der Waals surface area contributed by atoms with E-state index < -0.39 is 0 Å². The van der Waals surface area contributed by atoms with Crippen LogP contribution in [0.1, 0.15) is 10.5 Å². The third-order valence-corrected chi connectivity index (χ3v) is 1.86. The van der Waals surface area contributed by atoms with Crippen molar-refractivity contribution in [2.75, 3.05) is 14.1 Å². The Kier molecular flexibility index (Phi) is 3.24. The number of nitrogens with zero attached hydrogens (tertiary/aromatic N) is 4. The van der Waals surface area contributed by atoms with Crippen LogP contribution in [0.5, 0.6) is 0 Å². The number of aromatic nitrogens is 2. The minimum absolute atomic E-state index is 0.174.